The van der Waals surface area contributed by atoms with Crippen LogP contribution in [0, 0.1) is 30.6 Å². The summed E-state index contributed by atoms with van der Waals surface area (Å²) in [4.78, 5) is 41.5. The number of likely N-dealkylation sites (tertiary alicyclic amines) is 1. The predicted octanol–water partition coefficient (Wildman–Crippen LogP) is 3.83. The number of carbonyl (C=O) groups is 3. The van der Waals surface area contributed by atoms with Crippen LogP contribution in [-0.4, -0.2) is 50.3 Å². The molecule has 0 radical (unpaired) electrons. The quantitative estimate of drug-likeness (QED) is 0.437. The highest BCUT2D eigenvalue weighted by Gasteiger charge is 2.67. The molecule has 7 atom stereocenters. The first-order valence-corrected chi connectivity index (χ1v) is 13.1. The number of anilines is 1. The molecule has 3 fully saturated rings. The van der Waals surface area contributed by atoms with Crippen LogP contribution in [0.25, 0.3) is 0 Å². The van der Waals surface area contributed by atoms with Gasteiger partial charge in [0.25, 0.3) is 0 Å². The molecule has 4 rings (SSSR count). The molecule has 156 valence electrons. The maximum absolute atomic E-state index is 13.3. The fraction of sp³-hybridized carbons (Fsp3) is 0.571. The minimum atomic E-state index is -0.768. The van der Waals surface area contributed by atoms with E-state index in [1.54, 1.807) is 11.8 Å². The van der Waals surface area contributed by atoms with Crippen LogP contribution in [0.15, 0.2) is 24.3 Å². The Hall–Kier alpha value is -0.860. The second-order valence-corrected chi connectivity index (χ2v) is 11.3. The Morgan fingerprint density at radius 2 is 1.83 bits per heavy atom. The van der Waals surface area contributed by atoms with Crippen molar-refractivity contribution in [1.82, 2.24) is 4.90 Å². The number of aryl methyl sites for hydroxylation is 1. The van der Waals surface area contributed by atoms with E-state index in [0.717, 1.165) is 12.0 Å². The average molecular weight is 544 g/mol. The number of benzene rings is 1. The van der Waals surface area contributed by atoms with Gasteiger partial charge in [-0.25, -0.2) is 0 Å². The first kappa shape index (κ1) is 21.4. The molecule has 1 N–H and O–H groups in total. The van der Waals surface area contributed by atoms with Crippen molar-refractivity contribution in [3.05, 3.63) is 29.8 Å². The minimum absolute atomic E-state index is 0.150. The van der Waals surface area contributed by atoms with Crippen LogP contribution in [-0.2, 0) is 14.4 Å². The molecule has 1 aromatic carbocycles. The molecule has 8 heteroatoms. The fourth-order valence-corrected chi connectivity index (χ4v) is 7.57. The second-order valence-electron chi connectivity index (χ2n) is 8.21. The standard InChI is InChI=1S/C21H24Br2N2O3S/c1-10-4-3-5-11(8-10)24-19(26)14(6-7-29-2)25-20(27)15-12-9-13(16(15)21(25)28)18(23)17(12)22/h3-5,8,12-18H,6-7,9H2,1-2H3,(H,24,26)/t12-,13-,14-,15-,16+,17+,18+/m1/s1. The summed E-state index contributed by atoms with van der Waals surface area (Å²) in [5.41, 5.74) is 1.72. The minimum Gasteiger partial charge on any atom is -0.324 e. The highest BCUT2D eigenvalue weighted by molar-refractivity contribution is 9.12. The van der Waals surface area contributed by atoms with E-state index in [9.17, 15) is 14.4 Å². The number of alkyl halides is 2. The Morgan fingerprint density at radius 1 is 1.21 bits per heavy atom. The van der Waals surface area contributed by atoms with E-state index in [1.165, 1.54) is 4.90 Å². The molecule has 29 heavy (non-hydrogen) atoms. The van der Waals surface area contributed by atoms with Crippen molar-refractivity contribution in [2.24, 2.45) is 23.7 Å². The molecule has 0 unspecified atom stereocenters. The SMILES string of the molecule is CSCC[C@H](C(=O)Nc1cccc(C)c1)N1C(=O)[C@@H]2[C@H]3C[C@@H]([C@H](Br)[C@H]3Br)[C@@H]2C1=O. The van der Waals surface area contributed by atoms with Gasteiger partial charge in [-0.1, -0.05) is 44.0 Å². The molecule has 1 aliphatic heterocycles. The van der Waals surface area contributed by atoms with Gasteiger partial charge in [-0.3, -0.25) is 19.3 Å². The van der Waals surface area contributed by atoms with Gasteiger partial charge in [0.2, 0.25) is 17.7 Å². The molecule has 1 heterocycles. The maximum Gasteiger partial charge on any atom is 0.247 e. The number of imide groups is 1. The average Bonchev–Trinajstić information content (AvgIpc) is 3.28. The number of amides is 3. The van der Waals surface area contributed by atoms with E-state index in [4.69, 9.17) is 0 Å². The topological polar surface area (TPSA) is 66.5 Å². The van der Waals surface area contributed by atoms with Gasteiger partial charge >= 0.3 is 0 Å². The normalized spacial score (nSPS) is 33.9. The first-order valence-electron chi connectivity index (χ1n) is 9.86. The van der Waals surface area contributed by atoms with Crippen LogP contribution in [0.3, 0.4) is 0 Å². The Balaban J connectivity index is 1.59. The van der Waals surface area contributed by atoms with E-state index < -0.39 is 6.04 Å². The third-order valence-corrected chi connectivity index (χ3v) is 10.4. The molecule has 5 nitrogen and oxygen atoms in total. The van der Waals surface area contributed by atoms with Crippen LogP contribution >= 0.6 is 43.6 Å². The van der Waals surface area contributed by atoms with Crippen molar-refractivity contribution in [2.75, 3.05) is 17.3 Å². The number of nitrogens with one attached hydrogen (secondary N) is 1. The van der Waals surface area contributed by atoms with E-state index in [-0.39, 0.29) is 51.0 Å². The van der Waals surface area contributed by atoms with Crippen molar-refractivity contribution in [3.8, 4) is 0 Å². The number of halogens is 2. The molecule has 2 aliphatic carbocycles. The van der Waals surface area contributed by atoms with Crippen LogP contribution in [0.4, 0.5) is 5.69 Å². The Bertz CT molecular complexity index is 819. The molecular weight excluding hydrogens is 520 g/mol. The Morgan fingerprint density at radius 3 is 2.38 bits per heavy atom. The number of rotatable bonds is 6. The first-order chi connectivity index (χ1) is 13.8. The van der Waals surface area contributed by atoms with Gasteiger partial charge in [0.15, 0.2) is 0 Å². The predicted molar refractivity (Wildman–Crippen MR) is 122 cm³/mol. The lowest BCUT2D eigenvalue weighted by Crippen LogP contribution is -2.48. The molecule has 1 saturated heterocycles. The third kappa shape index (κ3) is 3.59. The van der Waals surface area contributed by atoms with E-state index in [2.05, 4.69) is 37.2 Å². The number of carbonyl (C=O) groups excluding carboxylic acids is 3. The zero-order valence-electron chi connectivity index (χ0n) is 16.3. The lowest BCUT2D eigenvalue weighted by atomic mass is 9.81. The molecule has 2 bridgehead atoms. The van der Waals surface area contributed by atoms with E-state index >= 15 is 0 Å². The van der Waals surface area contributed by atoms with Crippen molar-refractivity contribution in [2.45, 2.75) is 35.5 Å². The largest absolute Gasteiger partial charge is 0.324 e. The molecule has 1 aromatic rings. The summed E-state index contributed by atoms with van der Waals surface area (Å²) in [7, 11) is 0. The second kappa shape index (κ2) is 8.35. The fourth-order valence-electron chi connectivity index (χ4n) is 5.23. The van der Waals surface area contributed by atoms with Gasteiger partial charge < -0.3 is 5.32 Å². The Kier molecular flexibility index (Phi) is 6.15. The summed E-state index contributed by atoms with van der Waals surface area (Å²) < 4.78 is 0. The highest BCUT2D eigenvalue weighted by atomic mass is 79.9. The number of thioether (sulfide) groups is 1. The molecule has 0 spiro atoms. The molecule has 3 aliphatic rings. The van der Waals surface area contributed by atoms with E-state index in [1.807, 2.05) is 37.4 Å². The Labute approximate surface area is 192 Å². The van der Waals surface area contributed by atoms with Crippen LogP contribution in [0.5, 0.6) is 0 Å². The number of nitrogens with zero attached hydrogens (tertiary/aromatic N) is 1. The van der Waals surface area contributed by atoms with Gasteiger partial charge in [0.05, 0.1) is 11.8 Å². The monoisotopic (exact) mass is 542 g/mol. The van der Waals surface area contributed by atoms with Crippen LogP contribution in [0.2, 0.25) is 0 Å². The van der Waals surface area contributed by atoms with Crippen LogP contribution in [0.1, 0.15) is 18.4 Å². The summed E-state index contributed by atoms with van der Waals surface area (Å²) in [6.07, 6.45) is 3.31. The number of fused-ring (bicyclic) bond motifs is 5. The van der Waals surface area contributed by atoms with Crippen molar-refractivity contribution < 1.29 is 14.4 Å². The summed E-state index contributed by atoms with van der Waals surface area (Å²) >= 11 is 9.03. The zero-order chi connectivity index (χ0) is 20.9. The van der Waals surface area contributed by atoms with Crippen LogP contribution < -0.4 is 5.32 Å². The van der Waals surface area contributed by atoms with Gasteiger partial charge in [0.1, 0.15) is 6.04 Å². The molecule has 0 aromatic heterocycles. The highest BCUT2D eigenvalue weighted by Crippen LogP contribution is 2.60. The third-order valence-electron chi connectivity index (χ3n) is 6.52. The summed E-state index contributed by atoms with van der Waals surface area (Å²) in [5.74, 6) is -0.210. The van der Waals surface area contributed by atoms with Crippen molar-refractivity contribution in [3.63, 3.8) is 0 Å². The van der Waals surface area contributed by atoms with Crippen molar-refractivity contribution >= 4 is 67.0 Å². The number of hydrogen-bond acceptors (Lipinski definition) is 4. The lowest BCUT2D eigenvalue weighted by molar-refractivity contribution is -0.147. The molecular formula is C21H24Br2N2O3S. The summed E-state index contributed by atoms with van der Waals surface area (Å²) in [6, 6.07) is 6.78. The van der Waals surface area contributed by atoms with Crippen molar-refractivity contribution in [1.29, 1.82) is 0 Å². The summed E-state index contributed by atoms with van der Waals surface area (Å²) in [5, 5.41) is 2.92. The maximum atomic E-state index is 13.3. The smallest absolute Gasteiger partial charge is 0.247 e. The summed E-state index contributed by atoms with van der Waals surface area (Å²) in [6.45, 7) is 1.96. The van der Waals surface area contributed by atoms with Gasteiger partial charge in [-0.2, -0.15) is 11.8 Å². The lowest BCUT2D eigenvalue weighted by Gasteiger charge is -2.28. The van der Waals surface area contributed by atoms with Gasteiger partial charge in [-0.15, -0.1) is 0 Å². The number of hydrogen-bond donors (Lipinski definition) is 1. The molecule has 2 saturated carbocycles. The van der Waals surface area contributed by atoms with Gasteiger partial charge in [-0.05, 0) is 61.3 Å². The zero-order valence-corrected chi connectivity index (χ0v) is 20.3. The molecule has 3 amide bonds. The van der Waals surface area contributed by atoms with Gasteiger partial charge in [0, 0.05) is 15.3 Å². The van der Waals surface area contributed by atoms with E-state index in [0.29, 0.717) is 17.9 Å².